The summed E-state index contributed by atoms with van der Waals surface area (Å²) in [6.45, 7) is 6.60. The van der Waals surface area contributed by atoms with Gasteiger partial charge in [-0.15, -0.1) is 0 Å². The van der Waals surface area contributed by atoms with Crippen LogP contribution in [0, 0.1) is 0 Å². The first-order valence-electron chi connectivity index (χ1n) is 33.5. The molecule has 0 rings (SSSR count). The molecule has 0 heterocycles. The number of unbranched alkanes of at least 4 members (excludes halogenated alkanes) is 45. The predicted molar refractivity (Wildman–Crippen MR) is 326 cm³/mol. The van der Waals surface area contributed by atoms with Crippen LogP contribution < -0.4 is 0 Å². The first kappa shape index (κ1) is 72.6. The van der Waals surface area contributed by atoms with Crippen LogP contribution in [0.4, 0.5) is 0 Å². The van der Waals surface area contributed by atoms with E-state index in [9.17, 15) is 14.4 Å². The van der Waals surface area contributed by atoms with Gasteiger partial charge in [-0.05, 0) is 77.0 Å². The largest absolute Gasteiger partial charge is 0.462 e. The Kier molecular flexibility index (Phi) is 62.1. The van der Waals surface area contributed by atoms with Gasteiger partial charge in [-0.1, -0.05) is 308 Å². The van der Waals surface area contributed by atoms with E-state index in [1.54, 1.807) is 0 Å². The van der Waals surface area contributed by atoms with Gasteiger partial charge >= 0.3 is 17.9 Å². The highest BCUT2D eigenvalue weighted by Crippen LogP contribution is 2.18. The molecule has 6 heteroatoms. The molecule has 0 saturated heterocycles. The number of allylic oxidation sites excluding steroid dienone is 6. The van der Waals surface area contributed by atoms with E-state index >= 15 is 0 Å². The van der Waals surface area contributed by atoms with E-state index < -0.39 is 6.10 Å². The normalized spacial score (nSPS) is 12.2. The zero-order chi connectivity index (χ0) is 54.3. The fourth-order valence-electron chi connectivity index (χ4n) is 10.1. The highest BCUT2D eigenvalue weighted by atomic mass is 16.6. The monoisotopic (exact) mass is 1050 g/mol. The molecule has 0 fully saturated rings. The van der Waals surface area contributed by atoms with Gasteiger partial charge in [0, 0.05) is 19.3 Å². The van der Waals surface area contributed by atoms with Crippen molar-refractivity contribution < 1.29 is 28.6 Å². The van der Waals surface area contributed by atoms with E-state index in [4.69, 9.17) is 14.2 Å². The maximum absolute atomic E-state index is 12.8. The van der Waals surface area contributed by atoms with Crippen molar-refractivity contribution >= 4 is 17.9 Å². The van der Waals surface area contributed by atoms with E-state index in [0.29, 0.717) is 19.3 Å². The standard InChI is InChI=1S/C69H128O6/c1-4-7-10-13-15-17-19-21-23-25-27-29-31-32-33-34-35-36-38-39-41-43-45-47-49-51-53-56-59-62-68(71)74-65-66(64-73-67(70)61-58-55-12-9-6-3)75-69(72)63-60-57-54-52-50-48-46-44-42-40-37-30-28-26-24-22-20-18-16-14-11-8-5-2/h19,21,25-28,66H,4-18,20,22-24,29-65H2,1-3H3/b21-19-,27-25-,28-26-. The van der Waals surface area contributed by atoms with Crippen molar-refractivity contribution in [1.29, 1.82) is 0 Å². The lowest BCUT2D eigenvalue weighted by Crippen LogP contribution is -2.30. The van der Waals surface area contributed by atoms with Crippen molar-refractivity contribution in [2.24, 2.45) is 0 Å². The molecule has 0 bridgehead atoms. The van der Waals surface area contributed by atoms with E-state index in [1.807, 2.05) is 0 Å². The highest BCUT2D eigenvalue weighted by molar-refractivity contribution is 5.71. The van der Waals surface area contributed by atoms with Crippen LogP contribution in [0.25, 0.3) is 0 Å². The number of ether oxygens (including phenoxy) is 3. The van der Waals surface area contributed by atoms with Crippen LogP contribution in [0.1, 0.15) is 367 Å². The fourth-order valence-corrected chi connectivity index (χ4v) is 10.1. The zero-order valence-electron chi connectivity index (χ0n) is 50.6. The summed E-state index contributed by atoms with van der Waals surface area (Å²) < 4.78 is 16.8. The Morgan fingerprint density at radius 3 is 0.747 bits per heavy atom. The Labute approximate surface area is 467 Å². The maximum Gasteiger partial charge on any atom is 0.306 e. The summed E-state index contributed by atoms with van der Waals surface area (Å²) in [5.74, 6) is -0.861. The second-order valence-electron chi connectivity index (χ2n) is 22.7. The van der Waals surface area contributed by atoms with Gasteiger partial charge in [0.1, 0.15) is 13.2 Å². The smallest absolute Gasteiger partial charge is 0.306 e. The van der Waals surface area contributed by atoms with Gasteiger partial charge in [0.05, 0.1) is 0 Å². The maximum atomic E-state index is 12.8. The average Bonchev–Trinajstić information content (AvgIpc) is 3.41. The van der Waals surface area contributed by atoms with Gasteiger partial charge < -0.3 is 14.2 Å². The van der Waals surface area contributed by atoms with Crippen LogP contribution in [0.2, 0.25) is 0 Å². The minimum Gasteiger partial charge on any atom is -0.462 e. The van der Waals surface area contributed by atoms with E-state index in [1.165, 1.54) is 257 Å². The molecule has 1 atom stereocenters. The van der Waals surface area contributed by atoms with Crippen molar-refractivity contribution in [3.05, 3.63) is 36.5 Å². The molecule has 6 nitrogen and oxygen atoms in total. The minimum absolute atomic E-state index is 0.0684. The molecule has 0 saturated carbocycles. The average molecular weight is 1050 g/mol. The van der Waals surface area contributed by atoms with E-state index in [0.717, 1.165) is 70.6 Å². The van der Waals surface area contributed by atoms with Gasteiger partial charge in [-0.25, -0.2) is 0 Å². The summed E-state index contributed by atoms with van der Waals surface area (Å²) in [5.41, 5.74) is 0. The second-order valence-corrected chi connectivity index (χ2v) is 22.7. The number of carbonyl (C=O) groups excluding carboxylic acids is 3. The molecule has 0 N–H and O–H groups in total. The molecule has 0 amide bonds. The summed E-state index contributed by atoms with van der Waals surface area (Å²) in [6.07, 6.45) is 79.3. The van der Waals surface area contributed by atoms with Crippen LogP contribution in [0.5, 0.6) is 0 Å². The Bertz CT molecular complexity index is 1250. The third kappa shape index (κ3) is 62.4. The van der Waals surface area contributed by atoms with E-state index in [-0.39, 0.29) is 31.1 Å². The molecule has 0 aromatic carbocycles. The molecule has 0 aliphatic heterocycles. The molecule has 0 aromatic heterocycles. The lowest BCUT2D eigenvalue weighted by atomic mass is 10.0. The Balaban J connectivity index is 3.96. The van der Waals surface area contributed by atoms with Gasteiger partial charge in [-0.3, -0.25) is 14.4 Å². The lowest BCUT2D eigenvalue weighted by Gasteiger charge is -2.18. The fraction of sp³-hybridized carbons (Fsp3) is 0.870. The van der Waals surface area contributed by atoms with Gasteiger partial charge in [0.25, 0.3) is 0 Å². The first-order valence-corrected chi connectivity index (χ1v) is 33.5. The summed E-state index contributed by atoms with van der Waals surface area (Å²) in [5, 5.41) is 0. The number of esters is 3. The Morgan fingerprint density at radius 2 is 0.480 bits per heavy atom. The first-order chi connectivity index (χ1) is 37.0. The third-order valence-electron chi connectivity index (χ3n) is 15.1. The molecule has 1 unspecified atom stereocenters. The molecule has 75 heavy (non-hydrogen) atoms. The van der Waals surface area contributed by atoms with Crippen molar-refractivity contribution in [3.63, 3.8) is 0 Å². The summed E-state index contributed by atoms with van der Waals surface area (Å²) in [4.78, 5) is 38.0. The number of hydrogen-bond donors (Lipinski definition) is 0. The van der Waals surface area contributed by atoms with Gasteiger partial charge in [-0.2, -0.15) is 0 Å². The Hall–Kier alpha value is -2.37. The molecule has 0 spiro atoms. The van der Waals surface area contributed by atoms with Crippen molar-refractivity contribution in [2.45, 2.75) is 374 Å². The van der Waals surface area contributed by atoms with Crippen LogP contribution in [0.3, 0.4) is 0 Å². The van der Waals surface area contributed by atoms with Crippen molar-refractivity contribution in [3.8, 4) is 0 Å². The van der Waals surface area contributed by atoms with Gasteiger partial charge in [0.15, 0.2) is 6.10 Å². The molecular formula is C69H128O6. The minimum atomic E-state index is -0.767. The van der Waals surface area contributed by atoms with Crippen LogP contribution in [0.15, 0.2) is 36.5 Å². The van der Waals surface area contributed by atoms with Crippen molar-refractivity contribution in [2.75, 3.05) is 13.2 Å². The summed E-state index contributed by atoms with van der Waals surface area (Å²) >= 11 is 0. The zero-order valence-corrected chi connectivity index (χ0v) is 50.6. The van der Waals surface area contributed by atoms with Crippen LogP contribution in [-0.4, -0.2) is 37.2 Å². The lowest BCUT2D eigenvalue weighted by molar-refractivity contribution is -0.167. The molecule has 440 valence electrons. The third-order valence-corrected chi connectivity index (χ3v) is 15.1. The molecular weight excluding hydrogens is 925 g/mol. The van der Waals surface area contributed by atoms with Gasteiger partial charge in [0.2, 0.25) is 0 Å². The van der Waals surface area contributed by atoms with Crippen LogP contribution in [-0.2, 0) is 28.6 Å². The number of hydrogen-bond acceptors (Lipinski definition) is 6. The van der Waals surface area contributed by atoms with E-state index in [2.05, 4.69) is 57.2 Å². The molecule has 0 aliphatic rings. The number of rotatable bonds is 62. The molecule has 0 radical (unpaired) electrons. The molecule has 0 aliphatic carbocycles. The predicted octanol–water partition coefficient (Wildman–Crippen LogP) is 22.8. The Morgan fingerprint density at radius 1 is 0.267 bits per heavy atom. The highest BCUT2D eigenvalue weighted by Gasteiger charge is 2.19. The number of carbonyl (C=O) groups is 3. The molecule has 0 aromatic rings. The van der Waals surface area contributed by atoms with Crippen molar-refractivity contribution in [1.82, 2.24) is 0 Å². The second kappa shape index (κ2) is 64.2. The quantitative estimate of drug-likeness (QED) is 0.0261. The topological polar surface area (TPSA) is 78.9 Å². The van der Waals surface area contributed by atoms with Crippen LogP contribution >= 0.6 is 0 Å². The summed E-state index contributed by atoms with van der Waals surface area (Å²) in [6, 6.07) is 0. The SMILES string of the molecule is CCCCCCC/C=C\C/C=C\CCCCCCCCCCCCCCCCCCCC(=O)OCC(COC(=O)CCCCCCC)OC(=O)CCCCCCCCCCCCC/C=C\CCCCCCCCCC. The summed E-state index contributed by atoms with van der Waals surface area (Å²) in [7, 11) is 0.